The van der Waals surface area contributed by atoms with Crippen LogP contribution in [0.5, 0.6) is 0 Å². The minimum Gasteiger partial charge on any atom is -0.396 e. The van der Waals surface area contributed by atoms with Crippen molar-refractivity contribution in [3.8, 4) is 0 Å². The van der Waals surface area contributed by atoms with Crippen LogP contribution in [0.3, 0.4) is 0 Å². The smallest absolute Gasteiger partial charge is 0.151 e. The number of nitrogens with two attached hydrogens (primary N) is 1. The number of benzene rings is 2. The molecule has 0 unspecified atom stereocenters. The van der Waals surface area contributed by atoms with Crippen molar-refractivity contribution in [2.24, 2.45) is 17.6 Å². The van der Waals surface area contributed by atoms with Gasteiger partial charge in [-0.1, -0.05) is 60.7 Å². The fourth-order valence-electron chi connectivity index (χ4n) is 3.23. The Kier molecular flexibility index (Phi) is 8.83. The lowest BCUT2D eigenvalue weighted by atomic mass is 9.86. The van der Waals surface area contributed by atoms with Gasteiger partial charge in [-0.15, -0.1) is 0 Å². The van der Waals surface area contributed by atoms with Crippen molar-refractivity contribution >= 4 is 15.6 Å². The molecule has 0 saturated heterocycles. The summed E-state index contributed by atoms with van der Waals surface area (Å²) in [5.74, 6) is -2.03. The highest BCUT2D eigenvalue weighted by Gasteiger charge is 2.30. The Morgan fingerprint density at radius 3 is 2.07 bits per heavy atom. The van der Waals surface area contributed by atoms with Crippen molar-refractivity contribution in [2.75, 3.05) is 18.1 Å². The summed E-state index contributed by atoms with van der Waals surface area (Å²) in [6.07, 6.45) is 1.20. The third-order valence-electron chi connectivity index (χ3n) is 4.77. The Bertz CT molecular complexity index is 822. The molecule has 2 rings (SSSR count). The molecule has 0 amide bonds. The van der Waals surface area contributed by atoms with E-state index in [1.54, 1.807) is 0 Å². The normalized spacial score (nSPS) is 13.8. The lowest BCUT2D eigenvalue weighted by Crippen LogP contribution is -2.34. The number of hydrogen-bond donors (Lipinski definition) is 2. The van der Waals surface area contributed by atoms with Crippen LogP contribution in [0.1, 0.15) is 17.5 Å². The van der Waals surface area contributed by atoms with E-state index in [1.807, 2.05) is 60.7 Å². The first-order valence-corrected chi connectivity index (χ1v) is 11.2. The van der Waals surface area contributed by atoms with Crippen LogP contribution in [0.4, 0.5) is 0 Å². The van der Waals surface area contributed by atoms with Gasteiger partial charge in [0.15, 0.2) is 9.84 Å². The molecule has 2 atom stereocenters. The number of aliphatic hydroxyl groups is 1. The standard InChI is InChI=1S/C22H28NO4S/c23-13-11-20(15-19-9-5-2-6-10-19)22(25)21(16-24)17-28(26,27)14-12-18-7-3-1-4-8-18/h1-10,13,20-21,24H,11-12,14-17,23H2/t20-,21-/m1/s1. The third-order valence-corrected chi connectivity index (χ3v) is 6.51. The number of Topliss-reactive ketones (excluding diaryl/α,β-unsaturated/α-hetero) is 1. The van der Waals surface area contributed by atoms with Crippen LogP contribution in [-0.4, -0.2) is 37.4 Å². The molecule has 1 radical (unpaired) electrons. The molecule has 151 valence electrons. The fourth-order valence-corrected chi connectivity index (χ4v) is 4.83. The van der Waals surface area contributed by atoms with E-state index in [0.29, 0.717) is 19.3 Å². The topological polar surface area (TPSA) is 97.5 Å². The third kappa shape index (κ3) is 7.19. The number of carbonyl (C=O) groups excluding carboxylic acids is 1. The van der Waals surface area contributed by atoms with Crippen molar-refractivity contribution in [1.82, 2.24) is 0 Å². The first-order chi connectivity index (χ1) is 13.4. The molecule has 2 aromatic rings. The Morgan fingerprint density at radius 1 is 0.964 bits per heavy atom. The first-order valence-electron chi connectivity index (χ1n) is 9.41. The van der Waals surface area contributed by atoms with Crippen molar-refractivity contribution in [3.05, 3.63) is 78.3 Å². The highest BCUT2D eigenvalue weighted by atomic mass is 32.2. The Morgan fingerprint density at radius 2 is 1.54 bits per heavy atom. The van der Waals surface area contributed by atoms with E-state index >= 15 is 0 Å². The summed E-state index contributed by atoms with van der Waals surface area (Å²) in [6.45, 7) is 0.934. The summed E-state index contributed by atoms with van der Waals surface area (Å²) >= 11 is 0. The molecule has 28 heavy (non-hydrogen) atoms. The van der Waals surface area contributed by atoms with Crippen molar-refractivity contribution in [2.45, 2.75) is 19.3 Å². The van der Waals surface area contributed by atoms with Gasteiger partial charge >= 0.3 is 0 Å². The summed E-state index contributed by atoms with van der Waals surface area (Å²) < 4.78 is 25.0. The van der Waals surface area contributed by atoms with Crippen LogP contribution >= 0.6 is 0 Å². The second kappa shape index (κ2) is 11.1. The van der Waals surface area contributed by atoms with Gasteiger partial charge in [-0.25, -0.2) is 8.42 Å². The van der Waals surface area contributed by atoms with Gasteiger partial charge in [0.1, 0.15) is 5.78 Å². The maximum absolute atomic E-state index is 12.9. The van der Waals surface area contributed by atoms with E-state index in [2.05, 4.69) is 0 Å². The number of carbonyl (C=O) groups is 1. The van der Waals surface area contributed by atoms with Crippen LogP contribution in [0.25, 0.3) is 0 Å². The van der Waals surface area contributed by atoms with Crippen LogP contribution in [0.15, 0.2) is 60.7 Å². The molecule has 3 N–H and O–H groups in total. The minimum atomic E-state index is -3.48. The maximum Gasteiger partial charge on any atom is 0.151 e. The lowest BCUT2D eigenvalue weighted by Gasteiger charge is -2.21. The average Bonchev–Trinajstić information content (AvgIpc) is 2.71. The summed E-state index contributed by atoms with van der Waals surface area (Å²) in [7, 11) is -3.48. The zero-order valence-electron chi connectivity index (χ0n) is 15.9. The minimum absolute atomic E-state index is 0.0485. The molecule has 6 heteroatoms. The van der Waals surface area contributed by atoms with Gasteiger partial charge in [0.2, 0.25) is 0 Å². The van der Waals surface area contributed by atoms with Gasteiger partial charge in [0, 0.05) is 12.5 Å². The van der Waals surface area contributed by atoms with Crippen molar-refractivity contribution < 1.29 is 18.3 Å². The van der Waals surface area contributed by atoms with E-state index in [-0.39, 0.29) is 17.3 Å². The summed E-state index contributed by atoms with van der Waals surface area (Å²) in [6, 6.07) is 18.8. The fraction of sp³-hybridized carbons (Fsp3) is 0.364. The molecule has 0 saturated carbocycles. The van der Waals surface area contributed by atoms with Gasteiger partial charge in [-0.2, -0.15) is 0 Å². The molecule has 0 aliphatic heterocycles. The molecule has 0 fully saturated rings. The molecule has 2 aromatic carbocycles. The molecular formula is C22H28NO4S. The Balaban J connectivity index is 2.02. The number of hydrogen-bond acceptors (Lipinski definition) is 5. The zero-order valence-corrected chi connectivity index (χ0v) is 16.7. The molecule has 0 aliphatic rings. The molecule has 0 bridgehead atoms. The van der Waals surface area contributed by atoms with Crippen molar-refractivity contribution in [1.29, 1.82) is 0 Å². The second-order valence-corrected chi connectivity index (χ2v) is 9.22. The summed E-state index contributed by atoms with van der Waals surface area (Å²) in [5, 5.41) is 9.70. The van der Waals surface area contributed by atoms with E-state index in [1.165, 1.54) is 6.54 Å². The van der Waals surface area contributed by atoms with E-state index in [0.717, 1.165) is 11.1 Å². The van der Waals surface area contributed by atoms with E-state index in [9.17, 15) is 18.3 Å². The van der Waals surface area contributed by atoms with E-state index < -0.39 is 28.3 Å². The maximum atomic E-state index is 12.9. The van der Waals surface area contributed by atoms with Crippen LogP contribution < -0.4 is 5.73 Å². The van der Waals surface area contributed by atoms with Gasteiger partial charge < -0.3 is 10.8 Å². The highest BCUT2D eigenvalue weighted by molar-refractivity contribution is 7.91. The summed E-state index contributed by atoms with van der Waals surface area (Å²) in [4.78, 5) is 12.9. The summed E-state index contributed by atoms with van der Waals surface area (Å²) in [5.41, 5.74) is 7.45. The Hall–Kier alpha value is -2.02. The number of ketones is 1. The molecular weight excluding hydrogens is 374 g/mol. The Labute approximate surface area is 167 Å². The molecule has 5 nitrogen and oxygen atoms in total. The molecule has 0 spiro atoms. The zero-order chi connectivity index (χ0) is 20.4. The predicted octanol–water partition coefficient (Wildman–Crippen LogP) is 2.19. The number of rotatable bonds is 12. The average molecular weight is 403 g/mol. The number of sulfone groups is 1. The molecule has 0 aromatic heterocycles. The van der Waals surface area contributed by atoms with Crippen LogP contribution in [-0.2, 0) is 27.5 Å². The predicted molar refractivity (Wildman–Crippen MR) is 111 cm³/mol. The van der Waals surface area contributed by atoms with Crippen LogP contribution in [0.2, 0.25) is 0 Å². The van der Waals surface area contributed by atoms with Gasteiger partial charge in [-0.05, 0) is 30.4 Å². The number of aliphatic hydroxyl groups excluding tert-OH is 1. The SMILES string of the molecule is N[CH]C[C@H](Cc1ccccc1)C(=O)[C@H](CO)CS(=O)(=O)CCc1ccccc1. The second-order valence-electron chi connectivity index (χ2n) is 6.99. The van der Waals surface area contributed by atoms with Crippen molar-refractivity contribution in [3.63, 3.8) is 0 Å². The van der Waals surface area contributed by atoms with Gasteiger partial charge in [-0.3, -0.25) is 4.79 Å². The first kappa shape index (κ1) is 22.3. The van der Waals surface area contributed by atoms with Gasteiger partial charge in [0.25, 0.3) is 0 Å². The van der Waals surface area contributed by atoms with E-state index in [4.69, 9.17) is 5.73 Å². The van der Waals surface area contributed by atoms with Crippen LogP contribution in [0, 0.1) is 18.4 Å². The molecule has 0 aliphatic carbocycles. The number of aryl methyl sites for hydroxylation is 1. The monoisotopic (exact) mass is 402 g/mol. The quantitative estimate of drug-likeness (QED) is 0.567. The lowest BCUT2D eigenvalue weighted by molar-refractivity contribution is -0.127. The highest BCUT2D eigenvalue weighted by Crippen LogP contribution is 2.20. The molecule has 0 heterocycles. The largest absolute Gasteiger partial charge is 0.396 e. The van der Waals surface area contributed by atoms with Gasteiger partial charge in [0.05, 0.1) is 24.0 Å².